The van der Waals surface area contributed by atoms with Crippen molar-refractivity contribution in [2.24, 2.45) is 4.40 Å². The molecule has 0 spiro atoms. The fourth-order valence-corrected chi connectivity index (χ4v) is 1.99. The van der Waals surface area contributed by atoms with E-state index < -0.39 is 27.4 Å². The molecule has 0 aromatic heterocycles. The molecule has 0 aliphatic carbocycles. The second-order valence-electron chi connectivity index (χ2n) is 4.85. The van der Waals surface area contributed by atoms with Gasteiger partial charge < -0.3 is 0 Å². The van der Waals surface area contributed by atoms with E-state index in [9.17, 15) is 13.0 Å². The topological polar surface area (TPSA) is 29.4 Å². The van der Waals surface area contributed by atoms with Gasteiger partial charge >= 0.3 is 0 Å². The summed E-state index contributed by atoms with van der Waals surface area (Å²) in [6.07, 6.45) is 0.319. The Morgan fingerprint density at radius 2 is 1.78 bits per heavy atom. The molecule has 1 atom stereocenters. The fourth-order valence-electron chi connectivity index (χ4n) is 1.30. The third-order valence-corrected chi connectivity index (χ3v) is 3.74. The normalized spacial score (nSPS) is 14.7. The molecule has 0 N–H and O–H groups in total. The Kier molecular flexibility index (Phi) is 4.73. The van der Waals surface area contributed by atoms with Crippen LogP contribution >= 0.6 is 0 Å². The SMILES string of the molecule is CCC(=NS(=O)C(C)(C)C)c1c(F)cccc1F. The summed E-state index contributed by atoms with van der Waals surface area (Å²) in [7, 11) is -1.53. The Hall–Kier alpha value is -1.10. The van der Waals surface area contributed by atoms with Crippen molar-refractivity contribution in [3.05, 3.63) is 35.4 Å². The van der Waals surface area contributed by atoms with Gasteiger partial charge in [0, 0.05) is 0 Å². The molecule has 0 aliphatic rings. The number of halogens is 2. The molecule has 1 aromatic rings. The summed E-state index contributed by atoms with van der Waals surface area (Å²) in [6.45, 7) is 7.01. The van der Waals surface area contributed by atoms with Gasteiger partial charge in [-0.1, -0.05) is 13.0 Å². The Morgan fingerprint density at radius 1 is 1.28 bits per heavy atom. The van der Waals surface area contributed by atoms with Crippen LogP contribution in [0, 0.1) is 11.6 Å². The molecule has 100 valence electrons. The lowest BCUT2D eigenvalue weighted by atomic mass is 10.1. The van der Waals surface area contributed by atoms with E-state index in [2.05, 4.69) is 4.40 Å². The predicted octanol–water partition coefficient (Wildman–Crippen LogP) is 3.63. The summed E-state index contributed by atoms with van der Waals surface area (Å²) in [5, 5.41) is 0. The lowest BCUT2D eigenvalue weighted by molar-refractivity contribution is 0.578. The molecule has 0 saturated carbocycles. The minimum absolute atomic E-state index is 0.183. The molecule has 0 saturated heterocycles. The molecule has 1 unspecified atom stereocenters. The van der Waals surface area contributed by atoms with Gasteiger partial charge in [0.1, 0.15) is 22.6 Å². The van der Waals surface area contributed by atoms with Crippen LogP contribution in [0.5, 0.6) is 0 Å². The molecule has 0 radical (unpaired) electrons. The van der Waals surface area contributed by atoms with Crippen LogP contribution in [0.3, 0.4) is 0 Å². The molecule has 2 nitrogen and oxygen atoms in total. The van der Waals surface area contributed by atoms with Gasteiger partial charge in [-0.25, -0.2) is 13.0 Å². The van der Waals surface area contributed by atoms with Gasteiger partial charge in [-0.05, 0) is 39.3 Å². The zero-order valence-electron chi connectivity index (χ0n) is 11.0. The van der Waals surface area contributed by atoms with Gasteiger partial charge in [-0.3, -0.25) is 0 Å². The number of rotatable bonds is 3. The number of benzene rings is 1. The highest BCUT2D eigenvalue weighted by Gasteiger charge is 2.21. The summed E-state index contributed by atoms with van der Waals surface area (Å²) in [5.41, 5.74) is 0.0106. The van der Waals surface area contributed by atoms with Crippen LogP contribution in [0.15, 0.2) is 22.6 Å². The molecule has 1 aromatic carbocycles. The quantitative estimate of drug-likeness (QED) is 0.773. The third-order valence-electron chi connectivity index (χ3n) is 2.30. The van der Waals surface area contributed by atoms with Gasteiger partial charge in [0.25, 0.3) is 0 Å². The van der Waals surface area contributed by atoms with Gasteiger partial charge in [0.2, 0.25) is 0 Å². The van der Waals surface area contributed by atoms with E-state index in [0.717, 1.165) is 0 Å². The van der Waals surface area contributed by atoms with Crippen molar-refractivity contribution in [2.45, 2.75) is 38.9 Å². The van der Waals surface area contributed by atoms with E-state index in [1.165, 1.54) is 18.2 Å². The van der Waals surface area contributed by atoms with Crippen molar-refractivity contribution >= 4 is 16.7 Å². The molecular formula is C13H17F2NOS. The lowest BCUT2D eigenvalue weighted by Crippen LogP contribution is -2.21. The summed E-state index contributed by atoms with van der Waals surface area (Å²) >= 11 is 0. The molecule has 0 fully saturated rings. The predicted molar refractivity (Wildman–Crippen MR) is 71.1 cm³/mol. The minimum Gasteiger partial charge on any atom is -0.234 e. The first-order chi connectivity index (χ1) is 8.27. The van der Waals surface area contributed by atoms with Crippen molar-refractivity contribution in [1.29, 1.82) is 0 Å². The van der Waals surface area contributed by atoms with E-state index in [0.29, 0.717) is 6.42 Å². The maximum atomic E-state index is 13.6. The maximum absolute atomic E-state index is 13.6. The number of hydrogen-bond donors (Lipinski definition) is 0. The highest BCUT2D eigenvalue weighted by molar-refractivity contribution is 7.85. The van der Waals surface area contributed by atoms with Crippen LogP contribution < -0.4 is 0 Å². The summed E-state index contributed by atoms with van der Waals surface area (Å²) < 4.78 is 42.6. The number of nitrogens with zero attached hydrogens (tertiary/aromatic N) is 1. The van der Waals surface area contributed by atoms with Crippen LogP contribution in [0.2, 0.25) is 0 Å². The first-order valence-electron chi connectivity index (χ1n) is 5.71. The zero-order chi connectivity index (χ0) is 13.9. The van der Waals surface area contributed by atoms with Gasteiger partial charge in [-0.15, -0.1) is 0 Å². The van der Waals surface area contributed by atoms with Crippen LogP contribution in [-0.4, -0.2) is 14.7 Å². The maximum Gasteiger partial charge on any atom is 0.145 e. The average molecular weight is 273 g/mol. The van der Waals surface area contributed by atoms with E-state index in [4.69, 9.17) is 0 Å². The second-order valence-corrected chi connectivity index (χ2v) is 6.76. The molecule has 0 bridgehead atoms. The van der Waals surface area contributed by atoms with Crippen molar-refractivity contribution in [1.82, 2.24) is 0 Å². The first-order valence-corrected chi connectivity index (χ1v) is 6.82. The fraction of sp³-hybridized carbons (Fsp3) is 0.462. The Morgan fingerprint density at radius 3 is 2.17 bits per heavy atom. The van der Waals surface area contributed by atoms with Crippen molar-refractivity contribution < 1.29 is 13.0 Å². The molecule has 0 heterocycles. The highest BCUT2D eigenvalue weighted by atomic mass is 32.2. The summed E-state index contributed by atoms with van der Waals surface area (Å²) in [5.74, 6) is -1.36. The van der Waals surface area contributed by atoms with E-state index in [-0.39, 0.29) is 11.3 Å². The Bertz CT molecular complexity index is 472. The van der Waals surface area contributed by atoms with E-state index in [1.807, 2.05) is 0 Å². The molecular weight excluding hydrogens is 256 g/mol. The minimum atomic E-state index is -1.53. The zero-order valence-corrected chi connectivity index (χ0v) is 11.8. The Balaban J connectivity index is 3.27. The highest BCUT2D eigenvalue weighted by Crippen LogP contribution is 2.19. The van der Waals surface area contributed by atoms with Gasteiger partial charge in [0.05, 0.1) is 16.0 Å². The average Bonchev–Trinajstić information content (AvgIpc) is 2.25. The first kappa shape index (κ1) is 15.0. The van der Waals surface area contributed by atoms with Crippen LogP contribution in [0.4, 0.5) is 8.78 Å². The van der Waals surface area contributed by atoms with Crippen LogP contribution in [-0.2, 0) is 11.0 Å². The Labute approximate surface area is 109 Å². The largest absolute Gasteiger partial charge is 0.234 e. The van der Waals surface area contributed by atoms with Crippen molar-refractivity contribution in [2.75, 3.05) is 0 Å². The van der Waals surface area contributed by atoms with E-state index >= 15 is 0 Å². The molecule has 0 aliphatic heterocycles. The second kappa shape index (κ2) is 5.69. The molecule has 0 amide bonds. The molecule has 1 rings (SSSR count). The van der Waals surface area contributed by atoms with Gasteiger partial charge in [-0.2, -0.15) is 4.40 Å². The standard InChI is InChI=1S/C13H17F2NOS/c1-5-11(16-18(17)13(2,3)4)12-9(14)7-6-8-10(12)15/h6-8H,5H2,1-4H3. The molecule has 5 heteroatoms. The van der Waals surface area contributed by atoms with Crippen molar-refractivity contribution in [3.63, 3.8) is 0 Å². The van der Waals surface area contributed by atoms with Crippen molar-refractivity contribution in [3.8, 4) is 0 Å². The van der Waals surface area contributed by atoms with Crippen LogP contribution in [0.25, 0.3) is 0 Å². The van der Waals surface area contributed by atoms with E-state index in [1.54, 1.807) is 27.7 Å². The lowest BCUT2D eigenvalue weighted by Gasteiger charge is -2.15. The molecule has 18 heavy (non-hydrogen) atoms. The summed E-state index contributed by atoms with van der Waals surface area (Å²) in [4.78, 5) is 0. The smallest absolute Gasteiger partial charge is 0.145 e. The summed E-state index contributed by atoms with van der Waals surface area (Å²) in [6, 6.07) is 3.63. The number of hydrogen-bond acceptors (Lipinski definition) is 1. The monoisotopic (exact) mass is 273 g/mol. The third kappa shape index (κ3) is 3.45. The van der Waals surface area contributed by atoms with Crippen LogP contribution in [0.1, 0.15) is 39.7 Å². The van der Waals surface area contributed by atoms with Gasteiger partial charge in [0.15, 0.2) is 0 Å².